The zero-order valence-electron chi connectivity index (χ0n) is 11.4. The fourth-order valence-electron chi connectivity index (χ4n) is 2.50. The minimum absolute atomic E-state index is 0.0640. The first-order chi connectivity index (χ1) is 9.65. The third kappa shape index (κ3) is 4.67. The fraction of sp³-hybridized carbons (Fsp3) is 0.533. The second kappa shape index (κ2) is 7.48. The number of carbonyl (C=O) groups excluding carboxylic acids is 1. The monoisotopic (exact) mass is 298 g/mol. The van der Waals surface area contributed by atoms with Crippen molar-refractivity contribution >= 4 is 23.2 Å². The van der Waals surface area contributed by atoms with Crippen LogP contribution in [0.1, 0.15) is 32.1 Å². The average Bonchev–Trinajstić information content (AvgIpc) is 2.47. The Balaban J connectivity index is 1.70. The van der Waals surface area contributed by atoms with Crippen LogP contribution in [-0.4, -0.2) is 19.0 Å². The number of halogens is 2. The maximum absolute atomic E-state index is 13.2. The first-order valence-electron chi connectivity index (χ1n) is 7.11. The van der Waals surface area contributed by atoms with E-state index in [9.17, 15) is 9.18 Å². The Kier molecular flexibility index (Phi) is 5.65. The largest absolute Gasteiger partial charge is 0.376 e. The maximum atomic E-state index is 13.2. The molecule has 1 aromatic rings. The molecule has 0 heterocycles. The van der Waals surface area contributed by atoms with Crippen molar-refractivity contribution in [1.29, 1.82) is 0 Å². The van der Waals surface area contributed by atoms with Crippen molar-refractivity contribution in [2.24, 2.45) is 5.92 Å². The van der Waals surface area contributed by atoms with E-state index in [-0.39, 0.29) is 17.5 Å². The van der Waals surface area contributed by atoms with Crippen molar-refractivity contribution in [2.45, 2.75) is 32.1 Å². The quantitative estimate of drug-likeness (QED) is 0.872. The average molecular weight is 299 g/mol. The van der Waals surface area contributed by atoms with Crippen molar-refractivity contribution in [3.8, 4) is 0 Å². The Hall–Kier alpha value is -1.29. The summed E-state index contributed by atoms with van der Waals surface area (Å²) < 4.78 is 13.2. The predicted octanol–water partition coefficient (Wildman–Crippen LogP) is 3.59. The zero-order valence-corrected chi connectivity index (χ0v) is 12.2. The van der Waals surface area contributed by atoms with Crippen LogP contribution in [0.15, 0.2) is 18.2 Å². The van der Waals surface area contributed by atoms with Crippen molar-refractivity contribution in [2.75, 3.05) is 18.4 Å². The smallest absolute Gasteiger partial charge is 0.239 e. The molecule has 1 fully saturated rings. The van der Waals surface area contributed by atoms with Crippen LogP contribution < -0.4 is 10.6 Å². The lowest BCUT2D eigenvalue weighted by Gasteiger charge is -2.21. The van der Waals surface area contributed by atoms with Crippen molar-refractivity contribution in [3.05, 3.63) is 29.0 Å². The molecule has 1 saturated carbocycles. The van der Waals surface area contributed by atoms with E-state index in [0.717, 1.165) is 6.54 Å². The summed E-state index contributed by atoms with van der Waals surface area (Å²) in [6.45, 7) is 0.892. The first kappa shape index (κ1) is 15.1. The molecule has 2 N–H and O–H groups in total. The van der Waals surface area contributed by atoms with Crippen LogP contribution in [-0.2, 0) is 4.79 Å². The van der Waals surface area contributed by atoms with Gasteiger partial charge in [-0.15, -0.1) is 0 Å². The predicted molar refractivity (Wildman–Crippen MR) is 79.5 cm³/mol. The van der Waals surface area contributed by atoms with Crippen LogP contribution in [0.4, 0.5) is 10.1 Å². The normalized spacial score (nSPS) is 15.9. The van der Waals surface area contributed by atoms with Gasteiger partial charge in [-0.1, -0.05) is 30.9 Å². The molecule has 0 saturated heterocycles. The Morgan fingerprint density at radius 2 is 2.05 bits per heavy atom. The summed E-state index contributed by atoms with van der Waals surface area (Å²) in [4.78, 5) is 11.7. The molecule has 20 heavy (non-hydrogen) atoms. The molecule has 2 rings (SSSR count). The van der Waals surface area contributed by atoms with Gasteiger partial charge in [0.25, 0.3) is 0 Å². The Bertz CT molecular complexity index is 461. The molecule has 0 unspecified atom stereocenters. The Morgan fingerprint density at radius 1 is 1.30 bits per heavy atom. The molecule has 3 nitrogen and oxygen atoms in total. The standard InChI is InChI=1S/C15H20ClFN2O/c16-13-7-6-12(8-14(13)17)18-10-15(20)19-9-11-4-2-1-3-5-11/h6-8,11,18H,1-5,9-10H2,(H,19,20). The van der Waals surface area contributed by atoms with E-state index in [2.05, 4.69) is 10.6 Å². The van der Waals surface area contributed by atoms with E-state index in [1.807, 2.05) is 0 Å². The van der Waals surface area contributed by atoms with Gasteiger partial charge >= 0.3 is 0 Å². The van der Waals surface area contributed by atoms with Gasteiger partial charge in [0.2, 0.25) is 5.91 Å². The minimum atomic E-state index is -0.487. The molecule has 0 bridgehead atoms. The highest BCUT2D eigenvalue weighted by Gasteiger charge is 2.14. The molecule has 5 heteroatoms. The summed E-state index contributed by atoms with van der Waals surface area (Å²) in [5.74, 6) is 0.0610. The zero-order chi connectivity index (χ0) is 14.4. The van der Waals surface area contributed by atoms with Crippen LogP contribution >= 0.6 is 11.6 Å². The highest BCUT2D eigenvalue weighted by atomic mass is 35.5. The number of nitrogens with one attached hydrogen (secondary N) is 2. The van der Waals surface area contributed by atoms with Crippen molar-refractivity contribution in [3.63, 3.8) is 0 Å². The molecule has 0 aromatic heterocycles. The minimum Gasteiger partial charge on any atom is -0.376 e. The van der Waals surface area contributed by atoms with Crippen LogP contribution in [0.5, 0.6) is 0 Å². The number of benzene rings is 1. The molecule has 0 spiro atoms. The van der Waals surface area contributed by atoms with Crippen molar-refractivity contribution in [1.82, 2.24) is 5.32 Å². The number of anilines is 1. The molecule has 110 valence electrons. The Morgan fingerprint density at radius 3 is 2.75 bits per heavy atom. The number of carbonyl (C=O) groups is 1. The van der Waals surface area contributed by atoms with Gasteiger partial charge in [0.05, 0.1) is 11.6 Å². The number of hydrogen-bond donors (Lipinski definition) is 2. The van der Waals surface area contributed by atoms with Gasteiger partial charge in [-0.2, -0.15) is 0 Å². The van der Waals surface area contributed by atoms with Gasteiger partial charge in [-0.3, -0.25) is 4.79 Å². The van der Waals surface area contributed by atoms with Gasteiger partial charge in [0.15, 0.2) is 0 Å². The lowest BCUT2D eigenvalue weighted by molar-refractivity contribution is -0.119. The molecule has 1 aromatic carbocycles. The van der Waals surface area contributed by atoms with Crippen LogP contribution in [0.25, 0.3) is 0 Å². The first-order valence-corrected chi connectivity index (χ1v) is 7.48. The van der Waals surface area contributed by atoms with E-state index in [1.165, 1.54) is 44.2 Å². The second-order valence-corrected chi connectivity index (χ2v) is 5.70. The van der Waals surface area contributed by atoms with E-state index in [4.69, 9.17) is 11.6 Å². The third-order valence-corrected chi connectivity index (χ3v) is 3.99. The number of amides is 1. The number of hydrogen-bond acceptors (Lipinski definition) is 2. The summed E-state index contributed by atoms with van der Waals surface area (Å²) >= 11 is 5.60. The van der Waals surface area contributed by atoms with E-state index in [0.29, 0.717) is 11.6 Å². The Labute approximate surface area is 123 Å². The third-order valence-electron chi connectivity index (χ3n) is 3.69. The lowest BCUT2D eigenvalue weighted by Crippen LogP contribution is -2.34. The summed E-state index contributed by atoms with van der Waals surface area (Å²) in [5, 5.41) is 5.90. The highest BCUT2D eigenvalue weighted by molar-refractivity contribution is 6.30. The fourth-order valence-corrected chi connectivity index (χ4v) is 2.62. The summed E-state index contributed by atoms with van der Waals surface area (Å²) in [5.41, 5.74) is 0.555. The van der Waals surface area contributed by atoms with Gasteiger partial charge in [0.1, 0.15) is 5.82 Å². The molecule has 0 atom stereocenters. The molecular formula is C15H20ClFN2O. The summed E-state index contributed by atoms with van der Waals surface area (Å²) in [7, 11) is 0. The highest BCUT2D eigenvalue weighted by Crippen LogP contribution is 2.22. The molecule has 1 aliphatic carbocycles. The van der Waals surface area contributed by atoms with Gasteiger partial charge < -0.3 is 10.6 Å². The summed E-state index contributed by atoms with van der Waals surface area (Å²) in [6.07, 6.45) is 6.26. The van der Waals surface area contributed by atoms with Gasteiger partial charge in [-0.25, -0.2) is 4.39 Å². The molecule has 1 amide bonds. The van der Waals surface area contributed by atoms with Crippen molar-refractivity contribution < 1.29 is 9.18 Å². The van der Waals surface area contributed by atoms with Gasteiger partial charge in [-0.05, 0) is 37.0 Å². The summed E-state index contributed by atoms with van der Waals surface area (Å²) in [6, 6.07) is 4.41. The van der Waals surface area contributed by atoms with Gasteiger partial charge in [0, 0.05) is 12.2 Å². The maximum Gasteiger partial charge on any atom is 0.239 e. The molecular weight excluding hydrogens is 279 g/mol. The van der Waals surface area contributed by atoms with E-state index in [1.54, 1.807) is 6.07 Å². The number of rotatable bonds is 5. The topological polar surface area (TPSA) is 41.1 Å². The lowest BCUT2D eigenvalue weighted by atomic mass is 9.89. The van der Waals surface area contributed by atoms with Crippen LogP contribution in [0.3, 0.4) is 0 Å². The van der Waals surface area contributed by atoms with Crippen LogP contribution in [0.2, 0.25) is 5.02 Å². The van der Waals surface area contributed by atoms with E-state index >= 15 is 0 Å². The SMILES string of the molecule is O=C(CNc1ccc(Cl)c(F)c1)NCC1CCCCC1. The molecule has 0 aliphatic heterocycles. The molecule has 1 aliphatic rings. The second-order valence-electron chi connectivity index (χ2n) is 5.29. The molecule has 0 radical (unpaired) electrons. The van der Waals surface area contributed by atoms with E-state index < -0.39 is 5.82 Å². The van der Waals surface area contributed by atoms with Crippen LogP contribution in [0, 0.1) is 11.7 Å².